The average Bonchev–Trinajstić information content (AvgIpc) is 2.43. The van der Waals surface area contributed by atoms with Gasteiger partial charge in [0, 0.05) is 16.9 Å². The van der Waals surface area contributed by atoms with Crippen molar-refractivity contribution in [1.82, 2.24) is 0 Å². The van der Waals surface area contributed by atoms with Gasteiger partial charge in [0.1, 0.15) is 5.75 Å². The average molecular weight is 344 g/mol. The molecule has 0 saturated heterocycles. The molecule has 2 atom stereocenters. The highest BCUT2D eigenvalue weighted by Gasteiger charge is 2.55. The van der Waals surface area contributed by atoms with E-state index in [0.29, 0.717) is 5.02 Å². The molecule has 0 fully saturated rings. The summed E-state index contributed by atoms with van der Waals surface area (Å²) in [5, 5.41) is 21.2. The molecule has 1 aliphatic rings. The van der Waals surface area contributed by atoms with Crippen LogP contribution >= 0.6 is 23.2 Å². The lowest BCUT2D eigenvalue weighted by Crippen LogP contribution is -2.49. The molecule has 0 saturated carbocycles. The van der Waals surface area contributed by atoms with Crippen molar-refractivity contribution in [2.45, 2.75) is 12.5 Å². The number of allylic oxidation sites excluding steroid dienone is 2. The van der Waals surface area contributed by atoms with Gasteiger partial charge in [0.15, 0.2) is 11.7 Å². The van der Waals surface area contributed by atoms with Crippen LogP contribution in [0.5, 0.6) is 5.75 Å². The molecule has 0 aromatic heterocycles. The highest BCUT2D eigenvalue weighted by atomic mass is 35.5. The molecule has 6 nitrogen and oxygen atoms in total. The molecule has 0 spiro atoms. The maximum absolute atomic E-state index is 11.5. The van der Waals surface area contributed by atoms with Gasteiger partial charge in [-0.25, -0.2) is 0 Å². The van der Waals surface area contributed by atoms with E-state index in [2.05, 4.69) is 0 Å². The summed E-state index contributed by atoms with van der Waals surface area (Å²) in [6.45, 7) is 1.20. The smallest absolute Gasteiger partial charge is 0.318 e. The minimum absolute atomic E-state index is 0.114. The predicted octanol–water partition coefficient (Wildman–Crippen LogP) is 3.56. The third-order valence-corrected chi connectivity index (χ3v) is 3.95. The Morgan fingerprint density at radius 3 is 2.68 bits per heavy atom. The highest BCUT2D eigenvalue weighted by Crippen LogP contribution is 2.37. The van der Waals surface area contributed by atoms with E-state index < -0.39 is 22.3 Å². The Balaban J connectivity index is 2.44. The van der Waals surface area contributed by atoms with E-state index in [1.54, 1.807) is 0 Å². The molecule has 0 bridgehead atoms. The van der Waals surface area contributed by atoms with Crippen molar-refractivity contribution < 1.29 is 19.6 Å². The Morgan fingerprint density at radius 2 is 2.14 bits per heavy atom. The van der Waals surface area contributed by atoms with Crippen LogP contribution in [0.1, 0.15) is 6.92 Å². The van der Waals surface area contributed by atoms with Gasteiger partial charge in [0.05, 0.1) is 5.02 Å². The van der Waals surface area contributed by atoms with E-state index in [0.717, 1.165) is 0 Å². The molecule has 0 heterocycles. The maximum Gasteiger partial charge on any atom is 0.318 e. The molecule has 2 rings (SSSR count). The minimum Gasteiger partial charge on any atom is -0.481 e. The Labute approximate surface area is 135 Å². The highest BCUT2D eigenvalue weighted by molar-refractivity contribution is 6.35. The number of carbonyl (C=O) groups is 1. The third-order valence-electron chi connectivity index (χ3n) is 3.41. The monoisotopic (exact) mass is 343 g/mol. The lowest BCUT2D eigenvalue weighted by Gasteiger charge is -2.29. The van der Waals surface area contributed by atoms with Crippen LogP contribution in [0.4, 0.5) is 0 Å². The van der Waals surface area contributed by atoms with E-state index in [4.69, 9.17) is 27.9 Å². The van der Waals surface area contributed by atoms with E-state index in [1.165, 1.54) is 43.4 Å². The summed E-state index contributed by atoms with van der Waals surface area (Å²) in [5.74, 6) is -2.62. The third kappa shape index (κ3) is 2.80. The van der Waals surface area contributed by atoms with Crippen molar-refractivity contribution in [1.29, 1.82) is 0 Å². The maximum atomic E-state index is 11.5. The van der Waals surface area contributed by atoms with Gasteiger partial charge < -0.3 is 9.84 Å². The van der Waals surface area contributed by atoms with Gasteiger partial charge in [-0.3, -0.25) is 14.9 Å². The second-order valence-corrected chi connectivity index (χ2v) is 5.66. The zero-order valence-corrected chi connectivity index (χ0v) is 12.8. The first-order valence-electron chi connectivity index (χ1n) is 6.16. The second kappa shape index (κ2) is 5.98. The predicted molar refractivity (Wildman–Crippen MR) is 80.8 cm³/mol. The number of hydrogen-bond acceptors (Lipinski definition) is 4. The van der Waals surface area contributed by atoms with Crippen molar-refractivity contribution in [3.8, 4) is 5.75 Å². The van der Waals surface area contributed by atoms with Gasteiger partial charge >= 0.3 is 5.97 Å². The Kier molecular flexibility index (Phi) is 4.44. The summed E-state index contributed by atoms with van der Waals surface area (Å²) in [6.07, 6.45) is 4.01. The number of rotatable bonds is 4. The first kappa shape index (κ1) is 16.3. The first-order valence-corrected chi connectivity index (χ1v) is 6.91. The zero-order chi connectivity index (χ0) is 16.5. The summed E-state index contributed by atoms with van der Waals surface area (Å²) >= 11 is 11.8. The Bertz CT molecular complexity index is 700. The van der Waals surface area contributed by atoms with E-state index in [9.17, 15) is 20.0 Å². The number of hydrogen-bond donors (Lipinski definition) is 1. The van der Waals surface area contributed by atoms with Crippen LogP contribution in [0.15, 0.2) is 42.2 Å². The molecule has 22 heavy (non-hydrogen) atoms. The fourth-order valence-corrected chi connectivity index (χ4v) is 2.55. The molecule has 1 N–H and O–H groups in total. The van der Waals surface area contributed by atoms with Crippen LogP contribution in [0, 0.1) is 16.0 Å². The van der Waals surface area contributed by atoms with E-state index in [-0.39, 0.29) is 16.5 Å². The van der Waals surface area contributed by atoms with Crippen molar-refractivity contribution in [3.05, 3.63) is 62.3 Å². The molecular weight excluding hydrogens is 333 g/mol. The number of nitrogens with zero attached hydrogens (tertiary/aromatic N) is 1. The van der Waals surface area contributed by atoms with Crippen LogP contribution in [0.2, 0.25) is 10.0 Å². The van der Waals surface area contributed by atoms with Crippen molar-refractivity contribution in [2.24, 2.45) is 5.92 Å². The summed E-state index contributed by atoms with van der Waals surface area (Å²) in [4.78, 5) is 22.1. The molecular formula is C14H11Cl2NO5. The zero-order valence-electron chi connectivity index (χ0n) is 11.3. The quantitative estimate of drug-likeness (QED) is 0.666. The van der Waals surface area contributed by atoms with Crippen molar-refractivity contribution in [2.75, 3.05) is 0 Å². The fourth-order valence-electron chi connectivity index (χ4n) is 2.10. The summed E-state index contributed by atoms with van der Waals surface area (Å²) < 4.78 is 5.51. The van der Waals surface area contributed by atoms with Crippen molar-refractivity contribution >= 4 is 29.2 Å². The van der Waals surface area contributed by atoms with Gasteiger partial charge in [0.25, 0.3) is 5.54 Å². The summed E-state index contributed by atoms with van der Waals surface area (Å²) in [7, 11) is 0. The summed E-state index contributed by atoms with van der Waals surface area (Å²) in [5.41, 5.74) is -1.94. The van der Waals surface area contributed by atoms with Crippen LogP contribution in [0.25, 0.3) is 0 Å². The normalized spacial score (nSPS) is 23.8. The van der Waals surface area contributed by atoms with Gasteiger partial charge in [-0.15, -0.1) is 0 Å². The van der Waals surface area contributed by atoms with Crippen LogP contribution in [-0.4, -0.2) is 21.5 Å². The standard InChI is InChI=1S/C14H11Cl2NO5/c1-14(17(20)21)9(13(18)19)3-2-4-12(14)22-11-6-5-8(15)7-10(11)16/h2-7,9H,1H3,(H,18,19). The van der Waals surface area contributed by atoms with Crippen LogP contribution in [0.3, 0.4) is 0 Å². The number of nitro groups is 1. The molecule has 1 aromatic carbocycles. The fraction of sp³-hybridized carbons (Fsp3) is 0.214. The molecule has 116 valence electrons. The molecule has 0 aliphatic heterocycles. The molecule has 8 heteroatoms. The lowest BCUT2D eigenvalue weighted by atomic mass is 9.81. The lowest BCUT2D eigenvalue weighted by molar-refractivity contribution is -0.563. The van der Waals surface area contributed by atoms with Crippen LogP contribution < -0.4 is 4.74 Å². The number of ether oxygens (including phenoxy) is 1. The van der Waals surface area contributed by atoms with E-state index >= 15 is 0 Å². The van der Waals surface area contributed by atoms with Gasteiger partial charge in [-0.1, -0.05) is 35.4 Å². The summed E-state index contributed by atoms with van der Waals surface area (Å²) in [6, 6.07) is 4.40. The molecule has 1 aliphatic carbocycles. The second-order valence-electron chi connectivity index (χ2n) is 4.81. The van der Waals surface area contributed by atoms with E-state index in [1.807, 2.05) is 0 Å². The van der Waals surface area contributed by atoms with Gasteiger partial charge in [0.2, 0.25) is 0 Å². The van der Waals surface area contributed by atoms with Crippen molar-refractivity contribution in [3.63, 3.8) is 0 Å². The van der Waals surface area contributed by atoms with Gasteiger partial charge in [-0.2, -0.15) is 0 Å². The topological polar surface area (TPSA) is 89.7 Å². The van der Waals surface area contributed by atoms with Gasteiger partial charge in [-0.05, 0) is 24.3 Å². The number of benzene rings is 1. The molecule has 0 amide bonds. The number of aliphatic carboxylic acids is 1. The Morgan fingerprint density at radius 1 is 1.45 bits per heavy atom. The first-order chi connectivity index (χ1) is 10.3. The number of carboxylic acid groups (broad SMARTS) is 1. The van der Waals surface area contributed by atoms with Crippen LogP contribution in [-0.2, 0) is 4.79 Å². The largest absolute Gasteiger partial charge is 0.481 e. The minimum atomic E-state index is -1.94. The number of carboxylic acids is 1. The number of halogens is 2. The SMILES string of the molecule is CC1([N+](=O)[O-])C(Oc2ccc(Cl)cc2Cl)=CC=CC1C(=O)O. The molecule has 1 aromatic rings. The molecule has 2 unspecified atom stereocenters. The Hall–Kier alpha value is -2.05. The molecule has 0 radical (unpaired) electrons.